The molecule has 2 N–H and O–H groups in total. The first kappa shape index (κ1) is 19.5. The van der Waals surface area contributed by atoms with Crippen LogP contribution in [0, 0.1) is 11.3 Å². The Balaban J connectivity index is 2.40. The second-order valence-corrected chi connectivity index (χ2v) is 6.93. The van der Waals surface area contributed by atoms with Crippen molar-refractivity contribution in [2.24, 2.45) is 5.73 Å². The zero-order chi connectivity index (χ0) is 19.0. The summed E-state index contributed by atoms with van der Waals surface area (Å²) in [4.78, 5) is 0. The van der Waals surface area contributed by atoms with Gasteiger partial charge in [-0.1, -0.05) is 12.1 Å². The summed E-state index contributed by atoms with van der Waals surface area (Å²) in [6.45, 7) is 7.59. The Morgan fingerprint density at radius 2 is 1.80 bits per heavy atom. The minimum Gasteiger partial charge on any atom is -0.400 e. The lowest BCUT2D eigenvalue weighted by molar-refractivity contribution is -0.137. The van der Waals surface area contributed by atoms with E-state index in [-0.39, 0.29) is 12.1 Å². The normalized spacial score (nSPS) is 19.8. The van der Waals surface area contributed by atoms with Gasteiger partial charge in [-0.3, -0.25) is 0 Å². The molecule has 1 heterocycles. The lowest BCUT2D eigenvalue weighted by Gasteiger charge is -2.32. The lowest BCUT2D eigenvalue weighted by atomic mass is 9.77. The molecule has 1 aromatic rings. The average molecular weight is 352 g/mol. The van der Waals surface area contributed by atoms with Crippen molar-refractivity contribution in [2.45, 2.75) is 45.1 Å². The van der Waals surface area contributed by atoms with Crippen molar-refractivity contribution in [2.75, 3.05) is 6.54 Å². The van der Waals surface area contributed by atoms with Gasteiger partial charge in [0.25, 0.3) is 0 Å². The third kappa shape index (κ3) is 3.89. The molecule has 0 saturated carbocycles. The molecular formula is C17H20BF3N2O2. The van der Waals surface area contributed by atoms with E-state index in [9.17, 15) is 13.2 Å². The Morgan fingerprint density at radius 1 is 1.24 bits per heavy atom. The summed E-state index contributed by atoms with van der Waals surface area (Å²) in [5.74, 6) is 0. The van der Waals surface area contributed by atoms with E-state index in [1.165, 1.54) is 12.1 Å². The molecule has 0 aliphatic carbocycles. The standard InChI is InChI=1S/C17H20BF3N2O2/c1-15(2)16(3,4)25-18(24-15)13(10-23)7-11-5-6-12(9-22)14(8-11)17(19,20)21/h5-8H,10,23H2,1-4H3. The number of rotatable bonds is 3. The molecule has 0 radical (unpaired) electrons. The van der Waals surface area contributed by atoms with Crippen LogP contribution in [0.15, 0.2) is 23.7 Å². The maximum atomic E-state index is 13.1. The van der Waals surface area contributed by atoms with Crippen LogP contribution < -0.4 is 5.73 Å². The van der Waals surface area contributed by atoms with Crippen molar-refractivity contribution in [1.82, 2.24) is 0 Å². The SMILES string of the molecule is CC1(C)OB(C(=Cc2ccc(C#N)c(C(F)(F)F)c2)CN)OC1(C)C. The second-order valence-electron chi connectivity index (χ2n) is 6.93. The van der Waals surface area contributed by atoms with Crippen molar-refractivity contribution >= 4 is 13.2 Å². The van der Waals surface area contributed by atoms with Crippen molar-refractivity contribution in [3.63, 3.8) is 0 Å². The van der Waals surface area contributed by atoms with E-state index in [0.717, 1.165) is 12.1 Å². The molecule has 1 aromatic carbocycles. The van der Waals surface area contributed by atoms with Crippen LogP contribution in [-0.4, -0.2) is 24.9 Å². The van der Waals surface area contributed by atoms with Gasteiger partial charge in [0.1, 0.15) is 0 Å². The van der Waals surface area contributed by atoms with Crippen molar-refractivity contribution < 1.29 is 22.5 Å². The van der Waals surface area contributed by atoms with Crippen LogP contribution in [0.25, 0.3) is 6.08 Å². The first-order valence-corrected chi connectivity index (χ1v) is 7.79. The van der Waals surface area contributed by atoms with Gasteiger partial charge in [-0.05, 0) is 50.9 Å². The van der Waals surface area contributed by atoms with Crippen LogP contribution in [0.4, 0.5) is 13.2 Å². The maximum absolute atomic E-state index is 13.1. The summed E-state index contributed by atoms with van der Waals surface area (Å²) in [5.41, 5.74) is 4.01. The Bertz CT molecular complexity index is 720. The van der Waals surface area contributed by atoms with Gasteiger partial charge in [0, 0.05) is 6.54 Å². The molecule has 0 spiro atoms. The number of hydrogen-bond donors (Lipinski definition) is 1. The van der Waals surface area contributed by atoms with E-state index in [2.05, 4.69) is 0 Å². The second kappa shape index (κ2) is 6.48. The van der Waals surface area contributed by atoms with E-state index in [1.54, 1.807) is 6.07 Å². The van der Waals surface area contributed by atoms with Crippen LogP contribution in [0.2, 0.25) is 0 Å². The Hall–Kier alpha value is -1.82. The van der Waals surface area contributed by atoms with E-state index < -0.39 is 35.6 Å². The van der Waals surface area contributed by atoms with Gasteiger partial charge in [0.05, 0.1) is 28.4 Å². The fraction of sp³-hybridized carbons (Fsp3) is 0.471. The number of hydrogen-bond acceptors (Lipinski definition) is 4. The summed E-state index contributed by atoms with van der Waals surface area (Å²) in [5, 5.41) is 8.86. The minimum absolute atomic E-state index is 0.0676. The molecule has 2 rings (SSSR count). The number of alkyl halides is 3. The third-order valence-corrected chi connectivity index (χ3v) is 4.61. The molecule has 4 nitrogen and oxygen atoms in total. The highest BCUT2D eigenvalue weighted by Crippen LogP contribution is 2.39. The van der Waals surface area contributed by atoms with Crippen molar-refractivity contribution in [1.29, 1.82) is 5.26 Å². The summed E-state index contributed by atoms with van der Waals surface area (Å²) in [7, 11) is -0.736. The molecule has 0 bridgehead atoms. The molecule has 8 heteroatoms. The van der Waals surface area contributed by atoms with Crippen LogP contribution in [0.5, 0.6) is 0 Å². The highest BCUT2D eigenvalue weighted by atomic mass is 19.4. The first-order chi connectivity index (χ1) is 11.4. The van der Waals surface area contributed by atoms with E-state index >= 15 is 0 Å². The first-order valence-electron chi connectivity index (χ1n) is 7.79. The molecule has 0 aromatic heterocycles. The lowest BCUT2D eigenvalue weighted by Crippen LogP contribution is -2.41. The van der Waals surface area contributed by atoms with E-state index in [4.69, 9.17) is 20.3 Å². The Morgan fingerprint density at radius 3 is 2.24 bits per heavy atom. The zero-order valence-corrected chi connectivity index (χ0v) is 14.6. The van der Waals surface area contributed by atoms with E-state index in [1.807, 2.05) is 27.7 Å². The van der Waals surface area contributed by atoms with Gasteiger partial charge < -0.3 is 15.0 Å². The van der Waals surface area contributed by atoms with Crippen molar-refractivity contribution in [3.05, 3.63) is 40.4 Å². The van der Waals surface area contributed by atoms with Gasteiger partial charge in [0.15, 0.2) is 0 Å². The Labute approximate surface area is 145 Å². The molecular weight excluding hydrogens is 332 g/mol. The van der Waals surface area contributed by atoms with Gasteiger partial charge in [-0.2, -0.15) is 18.4 Å². The van der Waals surface area contributed by atoms with Gasteiger partial charge in [-0.25, -0.2) is 0 Å². The predicted octanol–water partition coefficient (Wildman–Crippen LogP) is 3.55. The largest absolute Gasteiger partial charge is 0.491 e. The van der Waals surface area contributed by atoms with Crippen LogP contribution in [0.3, 0.4) is 0 Å². The predicted molar refractivity (Wildman–Crippen MR) is 89.3 cm³/mol. The minimum atomic E-state index is -4.61. The van der Waals surface area contributed by atoms with Gasteiger partial charge in [0.2, 0.25) is 0 Å². The highest BCUT2D eigenvalue weighted by molar-refractivity contribution is 6.55. The monoisotopic (exact) mass is 352 g/mol. The van der Waals surface area contributed by atoms with Crippen LogP contribution in [0.1, 0.15) is 44.4 Å². The maximum Gasteiger partial charge on any atom is 0.491 e. The smallest absolute Gasteiger partial charge is 0.400 e. The fourth-order valence-corrected chi connectivity index (χ4v) is 2.42. The average Bonchev–Trinajstić information content (AvgIpc) is 2.71. The molecule has 0 amide bonds. The molecule has 1 aliphatic rings. The fourth-order valence-electron chi connectivity index (χ4n) is 2.42. The van der Waals surface area contributed by atoms with Gasteiger partial charge >= 0.3 is 13.3 Å². The third-order valence-electron chi connectivity index (χ3n) is 4.61. The topological polar surface area (TPSA) is 68.3 Å². The van der Waals surface area contributed by atoms with Crippen LogP contribution >= 0.6 is 0 Å². The molecule has 134 valence electrons. The number of nitriles is 1. The number of benzene rings is 1. The zero-order valence-electron chi connectivity index (χ0n) is 14.6. The highest BCUT2D eigenvalue weighted by Gasteiger charge is 2.52. The van der Waals surface area contributed by atoms with Gasteiger partial charge in [-0.15, -0.1) is 0 Å². The van der Waals surface area contributed by atoms with Crippen LogP contribution in [-0.2, 0) is 15.5 Å². The number of nitrogens with two attached hydrogens (primary N) is 1. The molecule has 1 fully saturated rings. The molecule has 0 unspecified atom stereocenters. The summed E-state index contributed by atoms with van der Waals surface area (Å²) < 4.78 is 51.1. The Kier molecular flexibility index (Phi) is 5.06. The molecule has 1 saturated heterocycles. The summed E-state index contributed by atoms with van der Waals surface area (Å²) >= 11 is 0. The molecule has 1 aliphatic heterocycles. The van der Waals surface area contributed by atoms with E-state index in [0.29, 0.717) is 5.47 Å². The number of nitrogens with zero attached hydrogens (tertiary/aromatic N) is 1. The quantitative estimate of drug-likeness (QED) is 0.845. The summed E-state index contributed by atoms with van der Waals surface area (Å²) in [6, 6.07) is 5.07. The van der Waals surface area contributed by atoms with Crippen molar-refractivity contribution in [3.8, 4) is 6.07 Å². The molecule has 0 atom stereocenters. The summed E-state index contributed by atoms with van der Waals surface area (Å²) in [6.07, 6.45) is -3.10. The number of halogens is 3. The molecule has 25 heavy (non-hydrogen) atoms.